The number of hydrogen-bond acceptors (Lipinski definition) is 5. The summed E-state index contributed by atoms with van der Waals surface area (Å²) in [4.78, 5) is 21.0. The Morgan fingerprint density at radius 1 is 1.38 bits per heavy atom. The van der Waals surface area contributed by atoms with E-state index in [1.54, 1.807) is 6.92 Å². The first-order valence-electron chi connectivity index (χ1n) is 6.75. The number of carboxylic acid groups (broad SMARTS) is 1. The monoisotopic (exact) mass is 360 g/mol. The summed E-state index contributed by atoms with van der Waals surface area (Å²) in [6, 6.07) is 1.83. The molecule has 2 unspecified atom stereocenters. The Labute approximate surface area is 149 Å². The number of carboxylic acids is 1. The van der Waals surface area contributed by atoms with E-state index in [9.17, 15) is 14.7 Å². The van der Waals surface area contributed by atoms with Crippen molar-refractivity contribution >= 4 is 11.9 Å². The van der Waals surface area contributed by atoms with Gasteiger partial charge in [0.2, 0.25) is 0 Å². The lowest BCUT2D eigenvalue weighted by atomic mass is 10.2. The number of esters is 1. The minimum atomic E-state index is -0.981. The number of aliphatic hydroxyl groups excluding tert-OH is 1. The van der Waals surface area contributed by atoms with E-state index in [0.717, 1.165) is 6.08 Å². The molecular formula is C16H25ClN2O5. The highest BCUT2D eigenvalue weighted by Crippen LogP contribution is 2.13. The Morgan fingerprint density at radius 2 is 1.83 bits per heavy atom. The molecule has 24 heavy (non-hydrogen) atoms. The van der Waals surface area contributed by atoms with E-state index in [0.29, 0.717) is 4.48 Å². The third kappa shape index (κ3) is 13.5. The second-order valence-electron chi connectivity index (χ2n) is 5.53. The molecular weight excluding hydrogens is 336 g/mol. The molecule has 0 aromatic carbocycles. The first-order chi connectivity index (χ1) is 10.5. The summed E-state index contributed by atoms with van der Waals surface area (Å²) >= 11 is 0. The number of quaternary nitrogens is 1. The van der Waals surface area contributed by atoms with Gasteiger partial charge in [-0.3, -0.25) is 4.48 Å². The fourth-order valence-electron chi connectivity index (χ4n) is 1.43. The van der Waals surface area contributed by atoms with E-state index >= 15 is 0 Å². The number of aliphatic hydroxyl groups is 1. The van der Waals surface area contributed by atoms with Gasteiger partial charge in [0.1, 0.15) is 6.10 Å². The highest BCUT2D eigenvalue weighted by molar-refractivity contribution is 5.88. The molecule has 7 nitrogen and oxygen atoms in total. The van der Waals surface area contributed by atoms with Crippen LogP contribution in [-0.4, -0.2) is 60.1 Å². The lowest BCUT2D eigenvalue weighted by Crippen LogP contribution is -3.00. The predicted octanol–water partition coefficient (Wildman–Crippen LogP) is -1.77. The molecule has 0 aliphatic carbocycles. The van der Waals surface area contributed by atoms with Crippen LogP contribution in [0.2, 0.25) is 0 Å². The van der Waals surface area contributed by atoms with Crippen molar-refractivity contribution < 1.29 is 41.4 Å². The van der Waals surface area contributed by atoms with Crippen molar-refractivity contribution in [2.24, 2.45) is 0 Å². The van der Waals surface area contributed by atoms with Gasteiger partial charge in [0.25, 0.3) is 6.23 Å². The maximum atomic E-state index is 11.7. The van der Waals surface area contributed by atoms with Crippen LogP contribution < -0.4 is 12.4 Å². The van der Waals surface area contributed by atoms with E-state index in [-0.39, 0.29) is 24.4 Å². The Balaban J connectivity index is -0.000000639. The first-order valence-corrected chi connectivity index (χ1v) is 6.75. The number of allylic oxidation sites excluding steroid dienone is 2. The second kappa shape index (κ2) is 13.3. The van der Waals surface area contributed by atoms with Crippen molar-refractivity contribution in [1.82, 2.24) is 0 Å². The van der Waals surface area contributed by atoms with Crippen LogP contribution in [0.3, 0.4) is 0 Å². The molecule has 0 radical (unpaired) electrons. The zero-order valence-corrected chi connectivity index (χ0v) is 15.2. The third-order valence-electron chi connectivity index (χ3n) is 2.42. The van der Waals surface area contributed by atoms with Crippen molar-refractivity contribution in [3.05, 3.63) is 37.0 Å². The highest BCUT2D eigenvalue weighted by Gasteiger charge is 2.32. The van der Waals surface area contributed by atoms with Crippen LogP contribution >= 0.6 is 0 Å². The van der Waals surface area contributed by atoms with Gasteiger partial charge in [-0.05, 0) is 13.3 Å². The largest absolute Gasteiger partial charge is 1.00 e. The number of ether oxygens (including phenoxy) is 1. The molecule has 0 aromatic rings. The van der Waals surface area contributed by atoms with Gasteiger partial charge in [0.15, 0.2) is 0 Å². The summed E-state index contributed by atoms with van der Waals surface area (Å²) in [5, 5.41) is 25.5. The summed E-state index contributed by atoms with van der Waals surface area (Å²) in [6.45, 7) is 8.13. The maximum absolute atomic E-state index is 11.7. The van der Waals surface area contributed by atoms with E-state index in [2.05, 4.69) is 13.2 Å². The van der Waals surface area contributed by atoms with Crippen LogP contribution in [0.15, 0.2) is 37.0 Å². The smallest absolute Gasteiger partial charge is 0.338 e. The topological polar surface area (TPSA) is 108 Å². The van der Waals surface area contributed by atoms with E-state index < -0.39 is 24.3 Å². The summed E-state index contributed by atoms with van der Waals surface area (Å²) in [5.41, 5.74) is 0.251. The van der Waals surface area contributed by atoms with Crippen LogP contribution in [-0.2, 0) is 14.3 Å². The quantitative estimate of drug-likeness (QED) is 0.183. The Morgan fingerprint density at radius 3 is 2.12 bits per heavy atom. The molecule has 0 aliphatic heterocycles. The Bertz CT molecular complexity index is 502. The normalized spacial score (nSPS) is 12.5. The van der Waals surface area contributed by atoms with Gasteiger partial charge in [-0.1, -0.05) is 19.2 Å². The van der Waals surface area contributed by atoms with Crippen molar-refractivity contribution in [2.75, 3.05) is 21.1 Å². The Kier molecular flexibility index (Phi) is 14.8. The molecule has 0 heterocycles. The highest BCUT2D eigenvalue weighted by atomic mass is 35.5. The van der Waals surface area contributed by atoms with Gasteiger partial charge in [0.05, 0.1) is 27.2 Å². The zero-order chi connectivity index (χ0) is 18.6. The molecule has 0 amide bonds. The molecule has 0 aliphatic rings. The number of aliphatic carboxylic acids is 1. The van der Waals surface area contributed by atoms with Crippen LogP contribution in [0.5, 0.6) is 0 Å². The maximum Gasteiger partial charge on any atom is 0.338 e. The number of likely N-dealkylation sites (N-methyl/N-ethyl adjacent to an activating group) is 1. The molecule has 0 saturated heterocycles. The fourth-order valence-corrected chi connectivity index (χ4v) is 1.43. The van der Waals surface area contributed by atoms with Gasteiger partial charge < -0.3 is 27.4 Å². The summed E-state index contributed by atoms with van der Waals surface area (Å²) in [6.07, 6.45) is 2.47. The molecule has 2 atom stereocenters. The number of halogens is 1. The minimum Gasteiger partial charge on any atom is -1.00 e. The lowest BCUT2D eigenvalue weighted by molar-refractivity contribution is -0.920. The molecule has 136 valence electrons. The van der Waals surface area contributed by atoms with E-state index in [1.165, 1.54) is 12.2 Å². The molecule has 0 fully saturated rings. The SMILES string of the molecule is C=C(CC=CC#N)C(=O)OC(C(C)O)[N+](C)(C)C.C=CC(=O)O.[Cl-]. The van der Waals surface area contributed by atoms with E-state index in [1.807, 2.05) is 27.2 Å². The number of nitrogens with zero attached hydrogens (tertiary/aromatic N) is 2. The van der Waals surface area contributed by atoms with Crippen molar-refractivity contribution in [3.8, 4) is 6.07 Å². The molecule has 0 bridgehead atoms. The second-order valence-corrected chi connectivity index (χ2v) is 5.53. The van der Waals surface area contributed by atoms with Crippen molar-refractivity contribution in [1.29, 1.82) is 5.26 Å². The predicted molar refractivity (Wildman–Crippen MR) is 85.9 cm³/mol. The number of rotatable bonds is 7. The lowest BCUT2D eigenvalue weighted by Gasteiger charge is -2.34. The number of carbonyl (C=O) groups is 2. The first kappa shape index (κ1) is 26.7. The minimum absolute atomic E-state index is 0. The average molecular weight is 361 g/mol. The molecule has 2 N–H and O–H groups in total. The third-order valence-corrected chi connectivity index (χ3v) is 2.42. The summed E-state index contributed by atoms with van der Waals surface area (Å²) in [5.74, 6) is -1.54. The molecule has 0 spiro atoms. The molecule has 0 rings (SSSR count). The Hall–Kier alpha value is -2.14. The summed E-state index contributed by atoms with van der Waals surface area (Å²) < 4.78 is 5.53. The molecule has 8 heteroatoms. The summed E-state index contributed by atoms with van der Waals surface area (Å²) in [7, 11) is 5.47. The van der Waals surface area contributed by atoms with Crippen LogP contribution in [0, 0.1) is 11.3 Å². The van der Waals surface area contributed by atoms with Gasteiger partial charge in [-0.15, -0.1) is 0 Å². The number of carbonyl (C=O) groups excluding carboxylic acids is 1. The average Bonchev–Trinajstić information content (AvgIpc) is 2.43. The van der Waals surface area contributed by atoms with Crippen LogP contribution in [0.25, 0.3) is 0 Å². The van der Waals surface area contributed by atoms with Crippen molar-refractivity contribution in [3.63, 3.8) is 0 Å². The van der Waals surface area contributed by atoms with Crippen LogP contribution in [0.4, 0.5) is 0 Å². The van der Waals surface area contributed by atoms with Crippen molar-refractivity contribution in [2.45, 2.75) is 25.7 Å². The van der Waals surface area contributed by atoms with Gasteiger partial charge in [0, 0.05) is 17.7 Å². The molecule has 0 aromatic heterocycles. The van der Waals surface area contributed by atoms with Gasteiger partial charge in [-0.2, -0.15) is 5.26 Å². The van der Waals surface area contributed by atoms with Gasteiger partial charge in [-0.25, -0.2) is 9.59 Å². The van der Waals surface area contributed by atoms with Gasteiger partial charge >= 0.3 is 11.9 Å². The molecule has 0 saturated carbocycles. The van der Waals surface area contributed by atoms with Crippen LogP contribution in [0.1, 0.15) is 13.3 Å². The number of nitriles is 1. The zero-order valence-electron chi connectivity index (χ0n) is 14.4. The van der Waals surface area contributed by atoms with E-state index in [4.69, 9.17) is 15.1 Å². The number of hydrogen-bond donors (Lipinski definition) is 2. The fraction of sp³-hybridized carbons (Fsp3) is 0.438. The standard InChI is InChI=1S/C13H21N2O3.C3H4O2.ClH/c1-10(8-6-7-9-14)13(17)18-12(11(2)16)15(3,4)5;1-2-3(4)5;/h6-7,11-12,16H,1,8H2,2-5H3;2H,1H2,(H,4,5);1H/q+1;;/p-1.